The van der Waals surface area contributed by atoms with E-state index >= 15 is 0 Å². The van der Waals surface area contributed by atoms with Gasteiger partial charge in [0.25, 0.3) is 0 Å². The molecule has 1 unspecified atom stereocenters. The number of fused-ring (bicyclic) bond motifs is 3. The van der Waals surface area contributed by atoms with Gasteiger partial charge < -0.3 is 24.8 Å². The number of hydrogen-bond acceptors (Lipinski definition) is 0. The zero-order chi connectivity index (χ0) is 32.3. The molecule has 47 heavy (non-hydrogen) atoms. The van der Waals surface area contributed by atoms with Gasteiger partial charge in [0.1, 0.15) is 0 Å². The van der Waals surface area contributed by atoms with E-state index in [0.717, 1.165) is 6.42 Å². The standard InChI is InChI=1S/C21H25.C13H10.C10H15.2ClH.Zr/c1-20(2,3)16-9-7-14-11-15-8-10-17(21(4,5)6)13-19(15)18(14)12-16;1-3-7-12(8-4-1)11-13-9-5-2-6-10-13;1-8-5-6-9(7-8)10(2,3)4;;;/h7,9-10,12-13H,11H2,1-6H3;1-10H;6-8H,1-4H3;2*1H;/q;;;;;+2/p-2. The first-order valence-electron chi connectivity index (χ1n) is 16.7. The molecule has 0 fully saturated rings. The Morgan fingerprint density at radius 3 is 1.64 bits per heavy atom. The Morgan fingerprint density at radius 2 is 1.15 bits per heavy atom. The third-order valence-corrected chi connectivity index (χ3v) is 17.7. The van der Waals surface area contributed by atoms with Crippen LogP contribution in [-0.4, -0.2) is 3.21 Å². The molecule has 0 saturated heterocycles. The zero-order valence-electron chi connectivity index (χ0n) is 29.9. The van der Waals surface area contributed by atoms with Crippen molar-refractivity contribution in [2.24, 2.45) is 11.3 Å². The number of rotatable bonds is 4. The van der Waals surface area contributed by atoms with Crippen LogP contribution in [0.5, 0.6) is 0 Å². The molecule has 2 aliphatic carbocycles. The molecule has 2 aliphatic rings. The van der Waals surface area contributed by atoms with E-state index in [1.807, 2.05) is 0 Å². The number of halogens is 2. The Labute approximate surface area is 304 Å². The van der Waals surface area contributed by atoms with Crippen LogP contribution < -0.4 is 28.1 Å². The fourth-order valence-electron chi connectivity index (χ4n) is 6.97. The van der Waals surface area contributed by atoms with Crippen molar-refractivity contribution in [2.75, 3.05) is 0 Å². The van der Waals surface area contributed by atoms with Gasteiger partial charge in [-0.1, -0.05) is 0 Å². The molecule has 6 rings (SSSR count). The molecule has 0 bridgehead atoms. The summed E-state index contributed by atoms with van der Waals surface area (Å²) in [5.41, 5.74) is 13.4. The van der Waals surface area contributed by atoms with Crippen LogP contribution in [0.2, 0.25) is 0 Å². The normalized spacial score (nSPS) is 15.3. The molecule has 4 aromatic rings. The maximum atomic E-state index is 2.67. The molecular formula is C44H50Cl2Zr. The molecule has 0 aliphatic heterocycles. The minimum absolute atomic E-state index is 0. The van der Waals surface area contributed by atoms with Gasteiger partial charge in [0.2, 0.25) is 0 Å². The van der Waals surface area contributed by atoms with E-state index in [1.165, 1.54) is 44.5 Å². The Morgan fingerprint density at radius 1 is 0.617 bits per heavy atom. The van der Waals surface area contributed by atoms with Crippen LogP contribution in [0, 0.1) is 11.3 Å². The second-order valence-electron chi connectivity index (χ2n) is 16.3. The van der Waals surface area contributed by atoms with E-state index in [2.05, 4.69) is 172 Å². The first kappa shape index (κ1) is 37.5. The smallest absolute Gasteiger partial charge is 1.00 e. The van der Waals surface area contributed by atoms with E-state index in [0.29, 0.717) is 5.92 Å². The van der Waals surface area contributed by atoms with E-state index in [9.17, 15) is 0 Å². The van der Waals surface area contributed by atoms with Crippen molar-refractivity contribution >= 4 is 6.48 Å². The van der Waals surface area contributed by atoms with Gasteiger partial charge in [-0.15, -0.1) is 0 Å². The largest absolute Gasteiger partial charge is 1.00 e. The average Bonchev–Trinajstić information content (AvgIpc) is 3.55. The predicted molar refractivity (Wildman–Crippen MR) is 193 cm³/mol. The minimum Gasteiger partial charge on any atom is -1.00 e. The summed E-state index contributed by atoms with van der Waals surface area (Å²) in [6.07, 6.45) is 6.24. The van der Waals surface area contributed by atoms with E-state index < -0.39 is 21.3 Å². The van der Waals surface area contributed by atoms with Gasteiger partial charge >= 0.3 is 282 Å². The Hall–Kier alpha value is -2.31. The van der Waals surface area contributed by atoms with Gasteiger partial charge in [0, 0.05) is 0 Å². The van der Waals surface area contributed by atoms with Gasteiger partial charge in [0.05, 0.1) is 0 Å². The first-order chi connectivity index (χ1) is 21.1. The second-order valence-corrected chi connectivity index (χ2v) is 22.2. The van der Waals surface area contributed by atoms with Gasteiger partial charge in [-0.05, 0) is 0 Å². The van der Waals surface area contributed by atoms with Crippen LogP contribution in [-0.2, 0) is 38.5 Å². The first-order valence-corrected chi connectivity index (χ1v) is 20.4. The number of allylic oxidation sites excluding steroid dienone is 4. The van der Waals surface area contributed by atoms with Crippen LogP contribution in [0.25, 0.3) is 11.1 Å². The van der Waals surface area contributed by atoms with Crippen LogP contribution in [0.4, 0.5) is 0 Å². The van der Waals surface area contributed by atoms with Crippen molar-refractivity contribution in [3.63, 3.8) is 0 Å². The van der Waals surface area contributed by atoms with E-state index in [-0.39, 0.29) is 41.1 Å². The van der Waals surface area contributed by atoms with E-state index in [1.54, 1.807) is 15.3 Å². The third-order valence-electron chi connectivity index (χ3n) is 9.78. The van der Waals surface area contributed by atoms with E-state index in [4.69, 9.17) is 0 Å². The molecule has 3 heteroatoms. The molecule has 0 saturated carbocycles. The zero-order valence-corrected chi connectivity index (χ0v) is 33.8. The maximum Gasteiger partial charge on any atom is -1.00 e. The van der Waals surface area contributed by atoms with Crippen LogP contribution in [0.15, 0.2) is 112 Å². The molecular weight excluding hydrogens is 691 g/mol. The molecule has 0 spiro atoms. The minimum atomic E-state index is -2.85. The van der Waals surface area contributed by atoms with Crippen molar-refractivity contribution in [3.8, 4) is 11.1 Å². The summed E-state index contributed by atoms with van der Waals surface area (Å²) in [5, 5.41) is 0. The predicted octanol–water partition coefficient (Wildman–Crippen LogP) is 4.88. The summed E-state index contributed by atoms with van der Waals surface area (Å²) in [6, 6.07) is 35.2. The summed E-state index contributed by atoms with van der Waals surface area (Å²) >= 11 is -2.85. The molecule has 1 atom stereocenters. The van der Waals surface area contributed by atoms with Crippen molar-refractivity contribution in [3.05, 3.63) is 145 Å². The van der Waals surface area contributed by atoms with Crippen LogP contribution in [0.3, 0.4) is 0 Å². The summed E-state index contributed by atoms with van der Waals surface area (Å²) in [7, 11) is 0. The van der Waals surface area contributed by atoms with Crippen molar-refractivity contribution < 1.29 is 46.1 Å². The summed E-state index contributed by atoms with van der Waals surface area (Å²) in [4.78, 5) is 0. The molecule has 4 aromatic carbocycles. The molecule has 0 nitrogen and oxygen atoms in total. The topological polar surface area (TPSA) is 0 Å². The Bertz CT molecular complexity index is 1810. The molecule has 0 amide bonds. The Balaban J connectivity index is 0.00000250. The van der Waals surface area contributed by atoms with Crippen molar-refractivity contribution in [1.82, 2.24) is 0 Å². The molecule has 0 radical (unpaired) electrons. The molecule has 0 aromatic heterocycles. The van der Waals surface area contributed by atoms with Crippen LogP contribution >= 0.6 is 0 Å². The SMILES string of the molecule is CC1C=C(C(C)(C)C)C=[C]1[Zr+2](=[C](c1ccccc1)c1ccccc1)[c]1cc(C(C)(C)C)cc2c1Cc1ccc(C(C)(C)C)cc1-2.[Cl-].[Cl-]. The van der Waals surface area contributed by atoms with Crippen molar-refractivity contribution in [1.29, 1.82) is 0 Å². The summed E-state index contributed by atoms with van der Waals surface area (Å²) in [5.74, 6) is 0.432. The Kier molecular flexibility index (Phi) is 11.1. The van der Waals surface area contributed by atoms with Crippen LogP contribution in [0.1, 0.15) is 103 Å². The molecule has 0 heterocycles. The maximum absolute atomic E-state index is 2.85. The monoisotopic (exact) mass is 738 g/mol. The van der Waals surface area contributed by atoms with Gasteiger partial charge in [-0.25, -0.2) is 0 Å². The second kappa shape index (κ2) is 13.9. The average molecular weight is 741 g/mol. The fraction of sp³-hybridized carbons (Fsp3) is 0.341. The number of benzene rings is 4. The molecule has 0 N–H and O–H groups in total. The third kappa shape index (κ3) is 7.49. The fourth-order valence-corrected chi connectivity index (χ4v) is 15.4. The summed E-state index contributed by atoms with van der Waals surface area (Å²) < 4.78 is 4.96. The summed E-state index contributed by atoms with van der Waals surface area (Å²) in [6.45, 7) is 23.7. The molecule has 244 valence electrons. The number of hydrogen-bond donors (Lipinski definition) is 0. The quantitative estimate of drug-likeness (QED) is 0.247. The van der Waals surface area contributed by atoms with Gasteiger partial charge in [-0.3, -0.25) is 0 Å². The van der Waals surface area contributed by atoms with Crippen molar-refractivity contribution in [2.45, 2.75) is 86.5 Å². The van der Waals surface area contributed by atoms with Gasteiger partial charge in [-0.2, -0.15) is 0 Å². The van der Waals surface area contributed by atoms with Gasteiger partial charge in [0.15, 0.2) is 0 Å².